The zero-order chi connectivity index (χ0) is 23.8. The molecule has 0 bridgehead atoms. The van der Waals surface area contributed by atoms with Gasteiger partial charge in [0, 0.05) is 18.6 Å². The summed E-state index contributed by atoms with van der Waals surface area (Å²) in [6.07, 6.45) is 8.54. The molecular formula is C24H35N3O3S3. The molecule has 1 atom stereocenters. The highest BCUT2D eigenvalue weighted by Crippen LogP contribution is 2.36. The number of nitrogens with one attached hydrogen (secondary N) is 1. The molecule has 1 aromatic heterocycles. The number of sulfone groups is 1. The summed E-state index contributed by atoms with van der Waals surface area (Å²) in [5.41, 5.74) is 0.858. The van der Waals surface area contributed by atoms with Crippen LogP contribution in [0.3, 0.4) is 0 Å². The summed E-state index contributed by atoms with van der Waals surface area (Å²) in [5, 5.41) is 3.65. The minimum Gasteiger partial charge on any atom is -0.303 e. The molecule has 0 spiro atoms. The Labute approximate surface area is 206 Å². The molecule has 0 unspecified atom stereocenters. The maximum Gasteiger partial charge on any atom is 0.233 e. The molecule has 1 aromatic carbocycles. The van der Waals surface area contributed by atoms with Gasteiger partial charge in [0.2, 0.25) is 5.91 Å². The Morgan fingerprint density at radius 1 is 1.21 bits per heavy atom. The summed E-state index contributed by atoms with van der Waals surface area (Å²) in [6, 6.07) is 6.78. The first-order valence-electron chi connectivity index (χ1n) is 11.7. The lowest BCUT2D eigenvalue weighted by molar-refractivity contribution is -0.118. The van der Waals surface area contributed by atoms with Crippen molar-refractivity contribution in [3.63, 3.8) is 0 Å². The number of aromatic nitrogens is 1. The van der Waals surface area contributed by atoms with Crippen LogP contribution < -0.4 is 5.32 Å². The predicted octanol–water partition coefficient (Wildman–Crippen LogP) is 5.28. The van der Waals surface area contributed by atoms with E-state index in [1.807, 2.05) is 6.20 Å². The molecule has 182 valence electrons. The van der Waals surface area contributed by atoms with Gasteiger partial charge in [0.05, 0.1) is 21.2 Å². The van der Waals surface area contributed by atoms with Gasteiger partial charge in [0.15, 0.2) is 15.0 Å². The first-order valence-corrected chi connectivity index (χ1v) is 15.4. The number of amides is 1. The minimum absolute atomic E-state index is 0.0666. The molecule has 0 saturated heterocycles. The van der Waals surface area contributed by atoms with Crippen molar-refractivity contribution in [3.05, 3.63) is 36.0 Å². The van der Waals surface area contributed by atoms with Crippen LogP contribution in [0.25, 0.3) is 0 Å². The van der Waals surface area contributed by atoms with Crippen LogP contribution >= 0.6 is 23.1 Å². The van der Waals surface area contributed by atoms with Crippen LogP contribution in [0.5, 0.6) is 0 Å². The number of anilines is 1. The molecule has 0 aliphatic heterocycles. The fourth-order valence-electron chi connectivity index (χ4n) is 4.31. The van der Waals surface area contributed by atoms with E-state index in [1.54, 1.807) is 36.0 Å². The lowest BCUT2D eigenvalue weighted by Crippen LogP contribution is -2.25. The number of thioether (sulfide) groups is 1. The Kier molecular flexibility index (Phi) is 9.79. The number of thiazole rings is 1. The van der Waals surface area contributed by atoms with Crippen LogP contribution in [0.1, 0.15) is 57.4 Å². The highest BCUT2D eigenvalue weighted by atomic mass is 32.2. The van der Waals surface area contributed by atoms with Crippen LogP contribution in [0, 0.1) is 5.92 Å². The summed E-state index contributed by atoms with van der Waals surface area (Å²) in [7, 11) is -3.26. The zero-order valence-electron chi connectivity index (χ0n) is 19.7. The van der Waals surface area contributed by atoms with Gasteiger partial charge in [-0.05, 0) is 43.1 Å². The van der Waals surface area contributed by atoms with E-state index >= 15 is 0 Å². The molecule has 2 aromatic rings. The Morgan fingerprint density at radius 3 is 2.48 bits per heavy atom. The molecule has 33 heavy (non-hydrogen) atoms. The van der Waals surface area contributed by atoms with E-state index < -0.39 is 9.84 Å². The number of nitrogens with zero attached hydrogens (tertiary/aromatic N) is 2. The smallest absolute Gasteiger partial charge is 0.233 e. The van der Waals surface area contributed by atoms with Gasteiger partial charge in [-0.3, -0.25) is 4.79 Å². The Balaban J connectivity index is 1.67. The maximum atomic E-state index is 13.3. The fourth-order valence-corrected chi connectivity index (χ4v) is 6.90. The lowest BCUT2D eigenvalue weighted by atomic mass is 9.87. The van der Waals surface area contributed by atoms with Gasteiger partial charge < -0.3 is 10.2 Å². The molecule has 9 heteroatoms. The van der Waals surface area contributed by atoms with Crippen molar-refractivity contribution in [1.29, 1.82) is 0 Å². The third-order valence-electron chi connectivity index (χ3n) is 6.33. The van der Waals surface area contributed by atoms with Crippen molar-refractivity contribution in [2.75, 3.05) is 37.0 Å². The Hall–Kier alpha value is -1.42. The van der Waals surface area contributed by atoms with Crippen LogP contribution in [0.4, 0.5) is 5.13 Å². The molecule has 1 fully saturated rings. The molecule has 1 saturated carbocycles. The second-order valence-corrected chi connectivity index (χ2v) is 13.1. The van der Waals surface area contributed by atoms with E-state index in [9.17, 15) is 13.2 Å². The first kappa shape index (κ1) is 26.2. The second kappa shape index (κ2) is 12.3. The number of benzene rings is 1. The predicted molar refractivity (Wildman–Crippen MR) is 138 cm³/mol. The van der Waals surface area contributed by atoms with Crippen LogP contribution in [0.15, 0.2) is 39.6 Å². The average Bonchev–Trinajstić information content (AvgIpc) is 3.46. The van der Waals surface area contributed by atoms with Crippen molar-refractivity contribution in [1.82, 2.24) is 9.88 Å². The second-order valence-electron chi connectivity index (χ2n) is 8.63. The lowest BCUT2D eigenvalue weighted by Gasteiger charge is -2.20. The summed E-state index contributed by atoms with van der Waals surface area (Å²) in [4.78, 5) is 20.4. The molecule has 6 nitrogen and oxygen atoms in total. The van der Waals surface area contributed by atoms with Gasteiger partial charge in [-0.1, -0.05) is 63.0 Å². The van der Waals surface area contributed by atoms with Gasteiger partial charge in [0.1, 0.15) is 0 Å². The third kappa shape index (κ3) is 7.80. The summed E-state index contributed by atoms with van der Waals surface area (Å²) in [5.74, 6) is 1.14. The van der Waals surface area contributed by atoms with Crippen LogP contribution in [-0.4, -0.2) is 55.9 Å². The fraction of sp³-hybridized carbons (Fsp3) is 0.583. The van der Waals surface area contributed by atoms with Crippen molar-refractivity contribution < 1.29 is 13.2 Å². The zero-order valence-corrected chi connectivity index (χ0v) is 22.2. The Morgan fingerprint density at radius 2 is 1.88 bits per heavy atom. The van der Waals surface area contributed by atoms with E-state index in [0.29, 0.717) is 11.0 Å². The Bertz CT molecular complexity index is 995. The topological polar surface area (TPSA) is 79.4 Å². The van der Waals surface area contributed by atoms with E-state index in [1.165, 1.54) is 30.4 Å². The number of hydrogen-bond donors (Lipinski definition) is 1. The highest BCUT2D eigenvalue weighted by Gasteiger charge is 2.27. The van der Waals surface area contributed by atoms with Gasteiger partial charge in [-0.25, -0.2) is 13.4 Å². The largest absolute Gasteiger partial charge is 0.303 e. The third-order valence-corrected chi connectivity index (χ3v) is 9.55. The SMILES string of the molecule is CCN(CC)CCSc1cnc(NC(=O)[C@H](CC2CCCC2)c2ccc(S(C)(=O)=O)cc2)s1. The van der Waals surface area contributed by atoms with E-state index in [2.05, 4.69) is 29.0 Å². The normalized spacial score (nSPS) is 15.8. The van der Waals surface area contributed by atoms with Crippen molar-refractivity contribution in [2.45, 2.75) is 61.0 Å². The quantitative estimate of drug-likeness (QED) is 0.392. The number of hydrogen-bond acceptors (Lipinski definition) is 7. The van der Waals surface area contributed by atoms with Crippen molar-refractivity contribution in [2.24, 2.45) is 5.92 Å². The summed E-state index contributed by atoms with van der Waals surface area (Å²) >= 11 is 3.28. The number of rotatable bonds is 12. The molecule has 1 amide bonds. The van der Waals surface area contributed by atoms with E-state index in [4.69, 9.17) is 0 Å². The van der Waals surface area contributed by atoms with Crippen molar-refractivity contribution in [3.8, 4) is 0 Å². The van der Waals surface area contributed by atoms with Gasteiger partial charge in [-0.2, -0.15) is 0 Å². The molecule has 3 rings (SSSR count). The molecule has 0 radical (unpaired) electrons. The average molecular weight is 510 g/mol. The molecule has 1 N–H and O–H groups in total. The van der Waals surface area contributed by atoms with Crippen molar-refractivity contribution >= 4 is 44.0 Å². The summed E-state index contributed by atoms with van der Waals surface area (Å²) in [6.45, 7) is 7.48. The van der Waals surface area contributed by atoms with Crippen LogP contribution in [-0.2, 0) is 14.6 Å². The first-order chi connectivity index (χ1) is 15.8. The molecular weight excluding hydrogens is 474 g/mol. The monoisotopic (exact) mass is 509 g/mol. The van der Waals surface area contributed by atoms with Gasteiger partial charge >= 0.3 is 0 Å². The molecule has 1 heterocycles. The number of carbonyl (C=O) groups is 1. The highest BCUT2D eigenvalue weighted by molar-refractivity contribution is 8.01. The summed E-state index contributed by atoms with van der Waals surface area (Å²) < 4.78 is 24.8. The van der Waals surface area contributed by atoms with E-state index in [-0.39, 0.29) is 16.7 Å². The molecule has 1 aliphatic rings. The van der Waals surface area contributed by atoms with E-state index in [0.717, 1.165) is 54.4 Å². The standard InChI is InChI=1S/C24H35N3O3S3/c1-4-27(5-2)14-15-31-22-17-25-24(32-22)26-23(28)21(16-18-8-6-7-9-18)19-10-12-20(13-11-19)33(3,29)30/h10-13,17-18,21H,4-9,14-16H2,1-3H3,(H,25,26,28)/t21-/m1/s1. The van der Waals surface area contributed by atoms with Gasteiger partial charge in [0.25, 0.3) is 0 Å². The molecule has 1 aliphatic carbocycles. The number of carbonyl (C=O) groups excluding carboxylic acids is 1. The van der Waals surface area contributed by atoms with Crippen LogP contribution in [0.2, 0.25) is 0 Å². The van der Waals surface area contributed by atoms with Gasteiger partial charge in [-0.15, -0.1) is 11.8 Å². The maximum absolute atomic E-state index is 13.3. The minimum atomic E-state index is -3.26.